The molecule has 2 aromatic carbocycles. The molecule has 0 bridgehead atoms. The van der Waals surface area contributed by atoms with Crippen LogP contribution in [0.15, 0.2) is 60.8 Å². The molecule has 0 aliphatic rings. The molecule has 0 spiro atoms. The molecule has 1 heterocycles. The molecule has 0 unspecified atom stereocenters. The SMILES string of the molecule is COc1cccc(Cn2cc(C=O)c(-c3ccccc3)n2)c1. The Morgan fingerprint density at radius 1 is 1.14 bits per heavy atom. The summed E-state index contributed by atoms with van der Waals surface area (Å²) in [5.74, 6) is 0.809. The highest BCUT2D eigenvalue weighted by atomic mass is 16.5. The third kappa shape index (κ3) is 2.91. The minimum atomic E-state index is 0.588. The van der Waals surface area contributed by atoms with E-state index in [1.165, 1.54) is 0 Å². The monoisotopic (exact) mass is 292 g/mol. The van der Waals surface area contributed by atoms with Crippen LogP contribution in [0, 0.1) is 0 Å². The molecule has 22 heavy (non-hydrogen) atoms. The van der Waals surface area contributed by atoms with Crippen LogP contribution in [-0.2, 0) is 6.54 Å². The van der Waals surface area contributed by atoms with E-state index in [0.717, 1.165) is 23.2 Å². The van der Waals surface area contributed by atoms with Crippen molar-refractivity contribution in [1.29, 1.82) is 0 Å². The molecule has 4 heteroatoms. The van der Waals surface area contributed by atoms with E-state index in [1.807, 2.05) is 54.6 Å². The minimum absolute atomic E-state index is 0.588. The van der Waals surface area contributed by atoms with E-state index >= 15 is 0 Å². The van der Waals surface area contributed by atoms with Crippen molar-refractivity contribution in [2.45, 2.75) is 6.54 Å². The summed E-state index contributed by atoms with van der Waals surface area (Å²) in [6.07, 6.45) is 2.62. The number of hydrogen-bond acceptors (Lipinski definition) is 3. The zero-order valence-electron chi connectivity index (χ0n) is 12.3. The number of benzene rings is 2. The summed E-state index contributed by atoms with van der Waals surface area (Å²) >= 11 is 0. The fourth-order valence-corrected chi connectivity index (χ4v) is 2.38. The molecule has 0 N–H and O–H groups in total. The lowest BCUT2D eigenvalue weighted by Gasteiger charge is -2.04. The van der Waals surface area contributed by atoms with Gasteiger partial charge >= 0.3 is 0 Å². The lowest BCUT2D eigenvalue weighted by molar-refractivity contribution is 0.112. The number of nitrogens with zero attached hydrogens (tertiary/aromatic N) is 2. The van der Waals surface area contributed by atoms with Crippen molar-refractivity contribution in [3.8, 4) is 17.0 Å². The van der Waals surface area contributed by atoms with E-state index in [9.17, 15) is 4.79 Å². The van der Waals surface area contributed by atoms with Crippen LogP contribution in [0.5, 0.6) is 5.75 Å². The van der Waals surface area contributed by atoms with Gasteiger partial charge in [0.15, 0.2) is 6.29 Å². The fourth-order valence-electron chi connectivity index (χ4n) is 2.38. The third-order valence-electron chi connectivity index (χ3n) is 3.44. The smallest absolute Gasteiger partial charge is 0.153 e. The molecular formula is C18H16N2O2. The fraction of sp³-hybridized carbons (Fsp3) is 0.111. The Hall–Kier alpha value is -2.88. The van der Waals surface area contributed by atoms with Crippen LogP contribution < -0.4 is 4.74 Å². The van der Waals surface area contributed by atoms with Crippen molar-refractivity contribution in [2.24, 2.45) is 0 Å². The summed E-state index contributed by atoms with van der Waals surface area (Å²) in [6.45, 7) is 0.588. The lowest BCUT2D eigenvalue weighted by Crippen LogP contribution is -2.00. The average molecular weight is 292 g/mol. The van der Waals surface area contributed by atoms with Gasteiger partial charge in [0.05, 0.1) is 19.2 Å². The highest BCUT2D eigenvalue weighted by Crippen LogP contribution is 2.21. The van der Waals surface area contributed by atoms with E-state index in [0.29, 0.717) is 17.8 Å². The first kappa shape index (κ1) is 14.1. The maximum atomic E-state index is 11.3. The van der Waals surface area contributed by atoms with Crippen LogP contribution in [0.1, 0.15) is 15.9 Å². The molecule has 1 aromatic heterocycles. The number of carbonyl (C=O) groups is 1. The second kappa shape index (κ2) is 6.26. The molecule has 110 valence electrons. The van der Waals surface area contributed by atoms with E-state index in [-0.39, 0.29) is 0 Å². The third-order valence-corrected chi connectivity index (χ3v) is 3.44. The predicted molar refractivity (Wildman–Crippen MR) is 85.1 cm³/mol. The molecule has 3 aromatic rings. The van der Waals surface area contributed by atoms with Crippen molar-refractivity contribution in [1.82, 2.24) is 9.78 Å². The summed E-state index contributed by atoms with van der Waals surface area (Å²) in [5, 5.41) is 4.55. The topological polar surface area (TPSA) is 44.1 Å². The van der Waals surface area contributed by atoms with Crippen LogP contribution in [-0.4, -0.2) is 23.2 Å². The Morgan fingerprint density at radius 2 is 1.95 bits per heavy atom. The first-order valence-electron chi connectivity index (χ1n) is 7.01. The van der Waals surface area contributed by atoms with Crippen LogP contribution in [0.2, 0.25) is 0 Å². The molecule has 0 saturated heterocycles. The molecular weight excluding hydrogens is 276 g/mol. The molecule has 0 atom stereocenters. The van der Waals surface area contributed by atoms with Crippen molar-refractivity contribution in [3.05, 3.63) is 71.9 Å². The summed E-state index contributed by atoms with van der Waals surface area (Å²) in [5.41, 5.74) is 3.31. The normalized spacial score (nSPS) is 10.4. The zero-order chi connectivity index (χ0) is 15.4. The van der Waals surface area contributed by atoms with Crippen LogP contribution >= 0.6 is 0 Å². The quantitative estimate of drug-likeness (QED) is 0.677. The highest BCUT2D eigenvalue weighted by Gasteiger charge is 2.10. The standard InChI is InChI=1S/C18H16N2O2/c1-22-17-9-5-6-14(10-17)11-20-12-16(13-21)18(19-20)15-7-3-2-4-8-15/h2-10,12-13H,11H2,1H3. The van der Waals surface area contributed by atoms with Gasteiger partial charge in [0.2, 0.25) is 0 Å². The van der Waals surface area contributed by atoms with Crippen LogP contribution in [0.25, 0.3) is 11.3 Å². The van der Waals surface area contributed by atoms with E-state index in [4.69, 9.17) is 4.74 Å². The summed E-state index contributed by atoms with van der Waals surface area (Å²) in [7, 11) is 1.64. The highest BCUT2D eigenvalue weighted by molar-refractivity contribution is 5.85. The summed E-state index contributed by atoms with van der Waals surface area (Å²) in [6, 6.07) is 17.5. The van der Waals surface area contributed by atoms with Gasteiger partial charge in [0, 0.05) is 11.8 Å². The van der Waals surface area contributed by atoms with Gasteiger partial charge < -0.3 is 4.74 Å². The molecule has 4 nitrogen and oxygen atoms in total. The van der Waals surface area contributed by atoms with Gasteiger partial charge in [-0.05, 0) is 17.7 Å². The Labute approximate surface area is 129 Å². The van der Waals surface area contributed by atoms with E-state index < -0.39 is 0 Å². The largest absolute Gasteiger partial charge is 0.497 e. The van der Waals surface area contributed by atoms with E-state index in [2.05, 4.69) is 5.10 Å². The first-order chi connectivity index (χ1) is 10.8. The maximum absolute atomic E-state index is 11.3. The molecule has 0 amide bonds. The molecule has 3 rings (SSSR count). The number of ether oxygens (including phenoxy) is 1. The number of aromatic nitrogens is 2. The molecule has 0 aliphatic heterocycles. The Balaban J connectivity index is 1.92. The first-order valence-corrected chi connectivity index (χ1v) is 7.01. The number of methoxy groups -OCH3 is 1. The van der Waals surface area contributed by atoms with Gasteiger partial charge in [0.25, 0.3) is 0 Å². The van der Waals surface area contributed by atoms with Gasteiger partial charge in [0.1, 0.15) is 11.4 Å². The van der Waals surface area contributed by atoms with Gasteiger partial charge in [-0.3, -0.25) is 9.48 Å². The Morgan fingerprint density at radius 3 is 2.68 bits per heavy atom. The Kier molecular flexibility index (Phi) is 4.01. The van der Waals surface area contributed by atoms with Gasteiger partial charge in [-0.1, -0.05) is 42.5 Å². The summed E-state index contributed by atoms with van der Waals surface area (Å²) < 4.78 is 7.00. The van der Waals surface area contributed by atoms with Gasteiger partial charge in [-0.25, -0.2) is 0 Å². The molecule has 0 radical (unpaired) electrons. The van der Waals surface area contributed by atoms with Gasteiger partial charge in [-0.2, -0.15) is 5.10 Å². The van der Waals surface area contributed by atoms with Crippen LogP contribution in [0.4, 0.5) is 0 Å². The second-order valence-electron chi connectivity index (χ2n) is 4.97. The maximum Gasteiger partial charge on any atom is 0.153 e. The lowest BCUT2D eigenvalue weighted by atomic mass is 10.1. The van der Waals surface area contributed by atoms with Crippen molar-refractivity contribution in [3.63, 3.8) is 0 Å². The van der Waals surface area contributed by atoms with Crippen molar-refractivity contribution < 1.29 is 9.53 Å². The van der Waals surface area contributed by atoms with Crippen molar-refractivity contribution >= 4 is 6.29 Å². The zero-order valence-corrected chi connectivity index (χ0v) is 12.3. The summed E-state index contributed by atoms with van der Waals surface area (Å²) in [4.78, 5) is 11.3. The van der Waals surface area contributed by atoms with E-state index in [1.54, 1.807) is 18.0 Å². The predicted octanol–water partition coefficient (Wildman–Crippen LogP) is 3.42. The van der Waals surface area contributed by atoms with Crippen LogP contribution in [0.3, 0.4) is 0 Å². The number of carbonyl (C=O) groups excluding carboxylic acids is 1. The molecule has 0 aliphatic carbocycles. The number of hydrogen-bond donors (Lipinski definition) is 0. The van der Waals surface area contributed by atoms with Gasteiger partial charge in [-0.15, -0.1) is 0 Å². The minimum Gasteiger partial charge on any atom is -0.497 e. The van der Waals surface area contributed by atoms with Crippen molar-refractivity contribution in [2.75, 3.05) is 7.11 Å². The molecule has 0 saturated carbocycles. The Bertz CT molecular complexity index is 779. The number of rotatable bonds is 5. The number of aldehydes is 1. The average Bonchev–Trinajstić information content (AvgIpc) is 2.98. The molecule has 0 fully saturated rings. The second-order valence-corrected chi connectivity index (χ2v) is 4.97.